The van der Waals surface area contributed by atoms with Crippen LogP contribution in [0, 0.1) is 10.1 Å². The third-order valence-electron chi connectivity index (χ3n) is 2.65. The van der Waals surface area contributed by atoms with E-state index in [0.717, 1.165) is 11.3 Å². The van der Waals surface area contributed by atoms with E-state index in [1.54, 1.807) is 12.4 Å². The zero-order chi connectivity index (χ0) is 13.8. The molecule has 0 fully saturated rings. The van der Waals surface area contributed by atoms with Gasteiger partial charge in [-0.05, 0) is 18.7 Å². The molecule has 0 saturated carbocycles. The lowest BCUT2D eigenvalue weighted by Gasteiger charge is -2.04. The first-order valence-electron chi connectivity index (χ1n) is 5.68. The van der Waals surface area contributed by atoms with E-state index in [1.165, 1.54) is 12.1 Å². The van der Waals surface area contributed by atoms with Crippen molar-refractivity contribution in [3.05, 3.63) is 57.1 Å². The summed E-state index contributed by atoms with van der Waals surface area (Å²) >= 11 is 6.04. The molecule has 1 aromatic heterocycles. The highest BCUT2D eigenvalue weighted by Crippen LogP contribution is 2.23. The Bertz CT molecular complexity index is 597. The fourth-order valence-electron chi connectivity index (χ4n) is 1.74. The molecule has 1 aromatic carbocycles. The molecule has 2 aromatic rings. The van der Waals surface area contributed by atoms with Gasteiger partial charge in [-0.1, -0.05) is 11.6 Å². The Balaban J connectivity index is 2.16. The van der Waals surface area contributed by atoms with Gasteiger partial charge in [0.05, 0.1) is 22.0 Å². The van der Waals surface area contributed by atoms with Crippen LogP contribution >= 0.6 is 11.6 Å². The van der Waals surface area contributed by atoms with Gasteiger partial charge in [-0.25, -0.2) is 4.98 Å². The Labute approximate surface area is 115 Å². The van der Waals surface area contributed by atoms with Crippen LogP contribution in [0.1, 0.15) is 11.3 Å². The summed E-state index contributed by atoms with van der Waals surface area (Å²) in [7, 11) is 1.85. The van der Waals surface area contributed by atoms with Gasteiger partial charge in [-0.3, -0.25) is 10.1 Å². The molecule has 0 unspecified atom stereocenters. The number of rotatable bonds is 5. The Morgan fingerprint density at radius 3 is 2.95 bits per heavy atom. The lowest BCUT2D eigenvalue weighted by atomic mass is 10.2. The second kappa shape index (κ2) is 5.81. The minimum atomic E-state index is -0.460. The summed E-state index contributed by atoms with van der Waals surface area (Å²) in [5, 5.41) is 14.0. The van der Waals surface area contributed by atoms with Crippen molar-refractivity contribution >= 4 is 17.3 Å². The Morgan fingerprint density at radius 1 is 1.53 bits per heavy atom. The molecule has 7 heteroatoms. The number of benzene rings is 1. The fraction of sp³-hybridized carbons (Fsp3) is 0.250. The zero-order valence-corrected chi connectivity index (χ0v) is 11.1. The molecule has 1 N–H and O–H groups in total. The fourth-order valence-corrected chi connectivity index (χ4v) is 1.97. The van der Waals surface area contributed by atoms with Gasteiger partial charge in [-0.2, -0.15) is 0 Å². The van der Waals surface area contributed by atoms with E-state index in [4.69, 9.17) is 11.6 Å². The Kier molecular flexibility index (Phi) is 4.13. The number of aromatic nitrogens is 2. The number of non-ortho nitro benzene ring substituents is 1. The molecule has 0 spiro atoms. The van der Waals surface area contributed by atoms with Gasteiger partial charge >= 0.3 is 0 Å². The average molecular weight is 281 g/mol. The van der Waals surface area contributed by atoms with E-state index in [9.17, 15) is 10.1 Å². The quantitative estimate of drug-likeness (QED) is 0.673. The molecule has 0 aliphatic rings. The van der Waals surface area contributed by atoms with Crippen LogP contribution in [0.25, 0.3) is 0 Å². The summed E-state index contributed by atoms with van der Waals surface area (Å²) < 4.78 is 1.89. The van der Waals surface area contributed by atoms with Crippen LogP contribution < -0.4 is 5.32 Å². The Hall–Kier alpha value is -1.92. The van der Waals surface area contributed by atoms with Crippen molar-refractivity contribution in [3.63, 3.8) is 0 Å². The first kappa shape index (κ1) is 13.5. The smallest absolute Gasteiger partial charge is 0.270 e. The van der Waals surface area contributed by atoms with Crippen molar-refractivity contribution in [1.82, 2.24) is 14.9 Å². The van der Waals surface area contributed by atoms with Crippen molar-refractivity contribution in [2.24, 2.45) is 0 Å². The van der Waals surface area contributed by atoms with E-state index in [1.807, 2.05) is 17.8 Å². The molecule has 0 atom stereocenters. The van der Waals surface area contributed by atoms with Gasteiger partial charge in [0.1, 0.15) is 0 Å². The SMILES string of the molecule is CNCc1cn(Cc2ccc([N+](=O)[O-])cc2Cl)cn1. The standard InChI is InChI=1S/C12H13ClN4O2/c1-14-5-10-7-16(8-15-10)6-9-2-3-11(17(18)19)4-12(9)13/h2-4,7-8,14H,5-6H2,1H3. The molecule has 6 nitrogen and oxygen atoms in total. The second-order valence-electron chi connectivity index (χ2n) is 4.10. The number of nitrogens with zero attached hydrogens (tertiary/aromatic N) is 3. The average Bonchev–Trinajstić information content (AvgIpc) is 2.79. The minimum absolute atomic E-state index is 0.00440. The molecule has 0 bridgehead atoms. The number of nitro groups is 1. The molecule has 0 amide bonds. The normalized spacial score (nSPS) is 10.6. The van der Waals surface area contributed by atoms with Crippen LogP contribution in [0.3, 0.4) is 0 Å². The van der Waals surface area contributed by atoms with Gasteiger partial charge in [-0.15, -0.1) is 0 Å². The van der Waals surface area contributed by atoms with Crippen molar-refractivity contribution < 1.29 is 4.92 Å². The van der Waals surface area contributed by atoms with E-state index >= 15 is 0 Å². The second-order valence-corrected chi connectivity index (χ2v) is 4.51. The van der Waals surface area contributed by atoms with Gasteiger partial charge in [0, 0.05) is 31.4 Å². The topological polar surface area (TPSA) is 73.0 Å². The van der Waals surface area contributed by atoms with Crippen molar-refractivity contribution in [3.8, 4) is 0 Å². The molecule has 1 heterocycles. The highest BCUT2D eigenvalue weighted by Gasteiger charge is 2.10. The highest BCUT2D eigenvalue weighted by molar-refractivity contribution is 6.31. The highest BCUT2D eigenvalue weighted by atomic mass is 35.5. The molecular formula is C12H13ClN4O2. The monoisotopic (exact) mass is 280 g/mol. The lowest BCUT2D eigenvalue weighted by molar-refractivity contribution is -0.384. The van der Waals surface area contributed by atoms with Crippen LogP contribution in [-0.4, -0.2) is 21.5 Å². The van der Waals surface area contributed by atoms with Crippen LogP contribution in [-0.2, 0) is 13.1 Å². The van der Waals surface area contributed by atoms with Gasteiger partial charge in [0.15, 0.2) is 0 Å². The van der Waals surface area contributed by atoms with Crippen LogP contribution in [0.4, 0.5) is 5.69 Å². The first-order chi connectivity index (χ1) is 9.10. The number of halogens is 1. The predicted octanol–water partition coefficient (Wildman–Crippen LogP) is 2.21. The third kappa shape index (κ3) is 3.30. The van der Waals surface area contributed by atoms with Crippen molar-refractivity contribution in [2.45, 2.75) is 13.1 Å². The molecule has 0 aliphatic carbocycles. The molecule has 2 rings (SSSR count). The summed E-state index contributed by atoms with van der Waals surface area (Å²) in [6.07, 6.45) is 3.62. The van der Waals surface area contributed by atoms with Gasteiger partial charge < -0.3 is 9.88 Å². The lowest BCUT2D eigenvalue weighted by Crippen LogP contribution is -2.05. The summed E-state index contributed by atoms with van der Waals surface area (Å²) in [4.78, 5) is 14.4. The first-order valence-corrected chi connectivity index (χ1v) is 6.06. The maximum absolute atomic E-state index is 10.6. The van der Waals surface area contributed by atoms with Gasteiger partial charge in [0.25, 0.3) is 5.69 Å². The molecule has 0 aliphatic heterocycles. The number of nitro benzene ring substituents is 1. The largest absolute Gasteiger partial charge is 0.333 e. The number of imidazole rings is 1. The van der Waals surface area contributed by atoms with E-state index in [-0.39, 0.29) is 5.69 Å². The molecule has 0 saturated heterocycles. The van der Waals surface area contributed by atoms with Gasteiger partial charge in [0.2, 0.25) is 0 Å². The van der Waals surface area contributed by atoms with E-state index < -0.39 is 4.92 Å². The summed E-state index contributed by atoms with van der Waals surface area (Å²) in [6.45, 7) is 1.23. The minimum Gasteiger partial charge on any atom is -0.333 e. The van der Waals surface area contributed by atoms with E-state index in [2.05, 4.69) is 10.3 Å². The maximum Gasteiger partial charge on any atom is 0.270 e. The molecule has 0 radical (unpaired) electrons. The van der Waals surface area contributed by atoms with Crippen LogP contribution in [0.2, 0.25) is 5.02 Å². The van der Waals surface area contributed by atoms with Crippen molar-refractivity contribution in [1.29, 1.82) is 0 Å². The van der Waals surface area contributed by atoms with Crippen LogP contribution in [0.15, 0.2) is 30.7 Å². The zero-order valence-electron chi connectivity index (χ0n) is 10.3. The number of nitrogens with one attached hydrogen (secondary N) is 1. The molecule has 100 valence electrons. The van der Waals surface area contributed by atoms with E-state index in [0.29, 0.717) is 18.1 Å². The summed E-state index contributed by atoms with van der Waals surface area (Å²) in [5.74, 6) is 0. The number of hydrogen-bond acceptors (Lipinski definition) is 4. The predicted molar refractivity (Wildman–Crippen MR) is 72.2 cm³/mol. The number of hydrogen-bond donors (Lipinski definition) is 1. The Morgan fingerprint density at radius 2 is 2.32 bits per heavy atom. The van der Waals surface area contributed by atoms with Crippen LogP contribution in [0.5, 0.6) is 0 Å². The maximum atomic E-state index is 10.6. The van der Waals surface area contributed by atoms with Crippen molar-refractivity contribution in [2.75, 3.05) is 7.05 Å². The summed E-state index contributed by atoms with van der Waals surface area (Å²) in [6, 6.07) is 4.48. The molecular weight excluding hydrogens is 268 g/mol. The molecule has 19 heavy (non-hydrogen) atoms. The third-order valence-corrected chi connectivity index (χ3v) is 3.00. The summed E-state index contributed by atoms with van der Waals surface area (Å²) in [5.41, 5.74) is 1.75.